The van der Waals surface area contributed by atoms with E-state index in [0.29, 0.717) is 5.56 Å². The van der Waals surface area contributed by atoms with Crippen LogP contribution in [0.1, 0.15) is 31.4 Å². The van der Waals surface area contributed by atoms with Crippen molar-refractivity contribution in [1.82, 2.24) is 4.98 Å². The highest BCUT2D eigenvalue weighted by atomic mass is 16.3. The summed E-state index contributed by atoms with van der Waals surface area (Å²) in [6, 6.07) is 10.2. The Morgan fingerprint density at radius 1 is 1.36 bits per heavy atom. The molecule has 0 spiro atoms. The molecule has 1 fully saturated rings. The van der Waals surface area contributed by atoms with Crippen LogP contribution in [0.15, 0.2) is 24.3 Å². The number of hydrogen-bond donors (Lipinski definition) is 1. The van der Waals surface area contributed by atoms with E-state index in [0.717, 1.165) is 41.8 Å². The number of rotatable bonds is 2. The summed E-state index contributed by atoms with van der Waals surface area (Å²) < 4.78 is 0. The lowest BCUT2D eigenvalue weighted by molar-refractivity contribution is 0.0263. The van der Waals surface area contributed by atoms with Crippen molar-refractivity contribution in [3.8, 4) is 6.07 Å². The lowest BCUT2D eigenvalue weighted by Gasteiger charge is -2.26. The number of nitriles is 1. The Kier molecular flexibility index (Phi) is 3.54. The topological polar surface area (TPSA) is 60.2 Å². The molecule has 0 aliphatic carbocycles. The molecule has 0 bridgehead atoms. The molecule has 2 heterocycles. The molecular weight excluding hydrogens is 274 g/mol. The van der Waals surface area contributed by atoms with Crippen LogP contribution >= 0.6 is 0 Å². The molecule has 1 N–H and O–H groups in total. The number of hydrogen-bond acceptors (Lipinski definition) is 4. The summed E-state index contributed by atoms with van der Waals surface area (Å²) in [7, 11) is 0. The third kappa shape index (κ3) is 2.42. The van der Waals surface area contributed by atoms with E-state index in [4.69, 9.17) is 4.98 Å². The monoisotopic (exact) mass is 295 g/mol. The number of aliphatic hydroxyl groups is 1. The maximum Gasteiger partial charge on any atom is 0.147 e. The fourth-order valence-corrected chi connectivity index (χ4v) is 3.25. The molecule has 1 aliphatic rings. The molecule has 22 heavy (non-hydrogen) atoms. The second kappa shape index (κ2) is 5.26. The summed E-state index contributed by atoms with van der Waals surface area (Å²) >= 11 is 0. The van der Waals surface area contributed by atoms with Crippen LogP contribution < -0.4 is 4.90 Å². The van der Waals surface area contributed by atoms with E-state index < -0.39 is 5.60 Å². The van der Waals surface area contributed by atoms with Crippen molar-refractivity contribution in [3.05, 3.63) is 35.4 Å². The van der Waals surface area contributed by atoms with E-state index in [1.54, 1.807) is 0 Å². The van der Waals surface area contributed by atoms with Crippen LogP contribution in [0.5, 0.6) is 0 Å². The number of para-hydroxylation sites is 1. The van der Waals surface area contributed by atoms with Gasteiger partial charge < -0.3 is 10.0 Å². The Bertz CT molecular complexity index is 755. The molecule has 2 aromatic rings. The van der Waals surface area contributed by atoms with Gasteiger partial charge in [0.25, 0.3) is 0 Å². The number of fused-ring (bicyclic) bond motifs is 1. The van der Waals surface area contributed by atoms with E-state index >= 15 is 0 Å². The largest absolute Gasteiger partial charge is 0.390 e. The predicted octanol–water partition coefficient (Wildman–Crippen LogP) is 3.01. The molecular formula is C18H21N3O. The van der Waals surface area contributed by atoms with Gasteiger partial charge in [-0.2, -0.15) is 5.26 Å². The first-order valence-electron chi connectivity index (χ1n) is 7.68. The van der Waals surface area contributed by atoms with Crippen molar-refractivity contribution in [2.75, 3.05) is 18.0 Å². The van der Waals surface area contributed by atoms with Gasteiger partial charge in [0, 0.05) is 24.4 Å². The summed E-state index contributed by atoms with van der Waals surface area (Å²) in [6.07, 6.45) is 0.919. The van der Waals surface area contributed by atoms with Gasteiger partial charge in [-0.1, -0.05) is 18.2 Å². The van der Waals surface area contributed by atoms with Crippen molar-refractivity contribution >= 4 is 16.7 Å². The maximum atomic E-state index is 10.2. The van der Waals surface area contributed by atoms with Gasteiger partial charge >= 0.3 is 0 Å². The molecule has 114 valence electrons. The molecule has 1 unspecified atom stereocenters. The molecule has 3 rings (SSSR count). The van der Waals surface area contributed by atoms with Gasteiger partial charge in [0.15, 0.2) is 0 Å². The first kappa shape index (κ1) is 14.8. The lowest BCUT2D eigenvalue weighted by atomic mass is 9.90. The van der Waals surface area contributed by atoms with Crippen molar-refractivity contribution in [1.29, 1.82) is 5.26 Å². The van der Waals surface area contributed by atoms with Crippen LogP contribution in [-0.4, -0.2) is 28.8 Å². The molecule has 1 saturated heterocycles. The van der Waals surface area contributed by atoms with Crippen LogP contribution in [-0.2, 0) is 0 Å². The zero-order valence-electron chi connectivity index (χ0n) is 13.3. The van der Waals surface area contributed by atoms with E-state index in [1.165, 1.54) is 0 Å². The first-order chi connectivity index (χ1) is 10.4. The Balaban J connectivity index is 2.06. The third-order valence-corrected chi connectivity index (χ3v) is 4.73. The number of aromatic nitrogens is 1. The number of pyridine rings is 1. The highest BCUT2D eigenvalue weighted by molar-refractivity contribution is 5.87. The molecule has 0 radical (unpaired) electrons. The van der Waals surface area contributed by atoms with Gasteiger partial charge in [0.05, 0.1) is 16.7 Å². The second-order valence-corrected chi connectivity index (χ2v) is 6.65. The van der Waals surface area contributed by atoms with Gasteiger partial charge in [-0.25, -0.2) is 4.98 Å². The molecule has 1 atom stereocenters. The van der Waals surface area contributed by atoms with E-state index in [9.17, 15) is 10.4 Å². The minimum Gasteiger partial charge on any atom is -0.390 e. The van der Waals surface area contributed by atoms with Crippen molar-refractivity contribution in [2.45, 2.75) is 32.8 Å². The van der Waals surface area contributed by atoms with Crippen LogP contribution in [0.25, 0.3) is 10.9 Å². The highest BCUT2D eigenvalue weighted by Gasteiger charge is 2.35. The Labute approximate surface area is 131 Å². The quantitative estimate of drug-likeness (QED) is 0.925. The zero-order chi connectivity index (χ0) is 15.9. The zero-order valence-corrected chi connectivity index (χ0v) is 13.3. The van der Waals surface area contributed by atoms with Gasteiger partial charge in [0.1, 0.15) is 11.9 Å². The fourth-order valence-electron chi connectivity index (χ4n) is 3.25. The molecule has 0 amide bonds. The summed E-state index contributed by atoms with van der Waals surface area (Å²) in [4.78, 5) is 6.87. The molecule has 4 heteroatoms. The Hall–Kier alpha value is -2.12. The summed E-state index contributed by atoms with van der Waals surface area (Å²) in [5.74, 6) is 0.957. The molecule has 1 aromatic heterocycles. The van der Waals surface area contributed by atoms with Crippen molar-refractivity contribution in [2.24, 2.45) is 5.92 Å². The molecule has 4 nitrogen and oxygen atoms in total. The maximum absolute atomic E-state index is 10.2. The lowest BCUT2D eigenvalue weighted by Crippen LogP contribution is -2.33. The normalized spacial score (nSPS) is 18.7. The SMILES string of the molecule is Cc1c(C#N)c(N2CCC(C(C)(C)O)C2)nc2ccccc12. The smallest absolute Gasteiger partial charge is 0.147 e. The standard InChI is InChI=1S/C18H21N3O/c1-12-14-6-4-5-7-16(14)20-17(15(12)10-19)21-9-8-13(11-21)18(2,3)22/h4-7,13,22H,8-9,11H2,1-3H3. The van der Waals surface area contributed by atoms with Gasteiger partial charge in [-0.15, -0.1) is 0 Å². The summed E-state index contributed by atoms with van der Waals surface area (Å²) in [5, 5.41) is 20.8. The number of nitrogens with zero attached hydrogens (tertiary/aromatic N) is 3. The van der Waals surface area contributed by atoms with Gasteiger partial charge in [0.2, 0.25) is 0 Å². The first-order valence-corrected chi connectivity index (χ1v) is 7.68. The van der Waals surface area contributed by atoms with Gasteiger partial charge in [-0.05, 0) is 38.8 Å². The summed E-state index contributed by atoms with van der Waals surface area (Å²) in [5.41, 5.74) is 1.85. The van der Waals surface area contributed by atoms with E-state index in [2.05, 4.69) is 11.0 Å². The minimum absolute atomic E-state index is 0.201. The van der Waals surface area contributed by atoms with Crippen LogP contribution in [0, 0.1) is 24.2 Å². The van der Waals surface area contributed by atoms with Crippen LogP contribution in [0.3, 0.4) is 0 Å². The second-order valence-electron chi connectivity index (χ2n) is 6.65. The molecule has 0 saturated carbocycles. The third-order valence-electron chi connectivity index (χ3n) is 4.73. The fraction of sp³-hybridized carbons (Fsp3) is 0.444. The molecule has 1 aliphatic heterocycles. The van der Waals surface area contributed by atoms with Gasteiger partial charge in [-0.3, -0.25) is 0 Å². The Morgan fingerprint density at radius 2 is 2.09 bits per heavy atom. The average Bonchev–Trinajstić information content (AvgIpc) is 2.97. The van der Waals surface area contributed by atoms with Crippen LogP contribution in [0.4, 0.5) is 5.82 Å². The van der Waals surface area contributed by atoms with E-state index in [1.807, 2.05) is 45.0 Å². The number of anilines is 1. The molecule has 1 aromatic carbocycles. The highest BCUT2D eigenvalue weighted by Crippen LogP contribution is 2.34. The van der Waals surface area contributed by atoms with Crippen molar-refractivity contribution in [3.63, 3.8) is 0 Å². The minimum atomic E-state index is -0.701. The number of aryl methyl sites for hydroxylation is 1. The van der Waals surface area contributed by atoms with Crippen molar-refractivity contribution < 1.29 is 5.11 Å². The average molecular weight is 295 g/mol. The summed E-state index contributed by atoms with van der Waals surface area (Å²) in [6.45, 7) is 7.25. The van der Waals surface area contributed by atoms with E-state index in [-0.39, 0.29) is 5.92 Å². The predicted molar refractivity (Wildman–Crippen MR) is 87.8 cm³/mol. The van der Waals surface area contributed by atoms with Crippen LogP contribution in [0.2, 0.25) is 0 Å². The number of benzene rings is 1. The Morgan fingerprint density at radius 3 is 2.73 bits per heavy atom.